The molecule has 4 aromatic heterocycles. The van der Waals surface area contributed by atoms with E-state index in [0.29, 0.717) is 0 Å². The Kier molecular flexibility index (Phi) is 6.79. The van der Waals surface area contributed by atoms with Gasteiger partial charge in [0, 0.05) is 73.3 Å². The molecule has 2 nitrogen and oxygen atoms in total. The van der Waals surface area contributed by atoms with Crippen LogP contribution in [0.5, 0.6) is 0 Å². The first-order chi connectivity index (χ1) is 28.8. The number of thiophene rings is 2. The summed E-state index contributed by atoms with van der Waals surface area (Å²) in [4.78, 5) is 0. The average molecular weight is 773 g/mol. The molecule has 0 bridgehead atoms. The van der Waals surface area contributed by atoms with Gasteiger partial charge in [-0.2, -0.15) is 0 Å². The first-order valence-electron chi connectivity index (χ1n) is 19.8. The molecule has 0 aliphatic rings. The van der Waals surface area contributed by atoms with Crippen LogP contribution >= 0.6 is 22.7 Å². The van der Waals surface area contributed by atoms with E-state index in [4.69, 9.17) is 0 Å². The molecule has 0 atom stereocenters. The fourth-order valence-corrected chi connectivity index (χ4v) is 11.8. The summed E-state index contributed by atoms with van der Waals surface area (Å²) < 4.78 is 10.2. The van der Waals surface area contributed by atoms with Crippen molar-refractivity contribution in [2.24, 2.45) is 0 Å². The number of rotatable bonds is 4. The number of aromatic nitrogens is 2. The molecule has 13 rings (SSSR count). The van der Waals surface area contributed by atoms with Crippen molar-refractivity contribution in [1.29, 1.82) is 0 Å². The van der Waals surface area contributed by atoms with Crippen molar-refractivity contribution in [2.45, 2.75) is 0 Å². The molecule has 0 unspecified atom stereocenters. The molecule has 0 fully saturated rings. The van der Waals surface area contributed by atoms with Gasteiger partial charge in [0.25, 0.3) is 0 Å². The topological polar surface area (TPSA) is 9.86 Å². The highest BCUT2D eigenvalue weighted by Crippen LogP contribution is 2.45. The summed E-state index contributed by atoms with van der Waals surface area (Å²) >= 11 is 3.76. The summed E-state index contributed by atoms with van der Waals surface area (Å²) in [5.41, 5.74) is 12.1. The van der Waals surface area contributed by atoms with E-state index in [1.54, 1.807) is 0 Å². The van der Waals surface area contributed by atoms with Crippen molar-refractivity contribution >= 4 is 107 Å². The summed E-state index contributed by atoms with van der Waals surface area (Å²) in [5.74, 6) is 0. The molecule has 0 N–H and O–H groups in total. The minimum Gasteiger partial charge on any atom is -0.309 e. The summed E-state index contributed by atoms with van der Waals surface area (Å²) in [6.07, 6.45) is 0. The van der Waals surface area contributed by atoms with E-state index in [1.807, 2.05) is 22.7 Å². The lowest BCUT2D eigenvalue weighted by Gasteiger charge is -2.11. The van der Waals surface area contributed by atoms with Crippen LogP contribution < -0.4 is 0 Å². The van der Waals surface area contributed by atoms with Gasteiger partial charge in [0.05, 0.1) is 22.1 Å². The van der Waals surface area contributed by atoms with Gasteiger partial charge in [-0.1, -0.05) is 121 Å². The Morgan fingerprint density at radius 1 is 0.241 bits per heavy atom. The van der Waals surface area contributed by atoms with E-state index in [-0.39, 0.29) is 0 Å². The van der Waals surface area contributed by atoms with Crippen molar-refractivity contribution in [3.8, 4) is 33.6 Å². The highest BCUT2D eigenvalue weighted by molar-refractivity contribution is 7.26. The molecule has 13 aromatic rings. The lowest BCUT2D eigenvalue weighted by atomic mass is 10.00. The summed E-state index contributed by atoms with van der Waals surface area (Å²) in [6, 6.07) is 71.6. The van der Waals surface area contributed by atoms with Gasteiger partial charge in [0.1, 0.15) is 0 Å². The monoisotopic (exact) mass is 772 g/mol. The SMILES string of the molecule is c1ccc2c(c1)sc1ccc3c(c4ccccc4n3-c3ccc(-c4ccc(-c5ccc(-n6c7ccccc7c7c8c(ccc76)sc6ccccc68)cc5)cc4)cc3)c12. The van der Waals surface area contributed by atoms with E-state index in [2.05, 4.69) is 203 Å². The maximum absolute atomic E-state index is 2.43. The molecule has 0 spiro atoms. The van der Waals surface area contributed by atoms with Crippen LogP contribution in [0.15, 0.2) is 194 Å². The third-order valence-corrected chi connectivity index (χ3v) is 14.4. The Bertz CT molecular complexity index is 3510. The number of fused-ring (bicyclic) bond motifs is 14. The number of benzene rings is 9. The second-order valence-corrected chi connectivity index (χ2v) is 17.4. The Hall–Kier alpha value is -6.98. The minimum atomic E-state index is 1.17. The van der Waals surface area contributed by atoms with Gasteiger partial charge in [0.2, 0.25) is 0 Å². The van der Waals surface area contributed by atoms with Crippen molar-refractivity contribution in [2.75, 3.05) is 0 Å². The fraction of sp³-hybridized carbons (Fsp3) is 0. The minimum absolute atomic E-state index is 1.17. The number of hydrogen-bond acceptors (Lipinski definition) is 2. The zero-order chi connectivity index (χ0) is 37.9. The van der Waals surface area contributed by atoms with Crippen LogP contribution in [0.2, 0.25) is 0 Å². The van der Waals surface area contributed by atoms with Gasteiger partial charge >= 0.3 is 0 Å². The zero-order valence-electron chi connectivity index (χ0n) is 31.2. The molecule has 4 heteroatoms. The van der Waals surface area contributed by atoms with Crippen molar-refractivity contribution in [1.82, 2.24) is 9.13 Å². The smallest absolute Gasteiger partial charge is 0.0548 e. The van der Waals surface area contributed by atoms with Crippen LogP contribution in [0.4, 0.5) is 0 Å². The number of nitrogens with zero attached hydrogens (tertiary/aromatic N) is 2. The molecule has 0 aliphatic heterocycles. The molecule has 0 saturated carbocycles. The molecule has 0 amide bonds. The van der Waals surface area contributed by atoms with Gasteiger partial charge < -0.3 is 9.13 Å². The zero-order valence-corrected chi connectivity index (χ0v) is 32.8. The number of hydrogen-bond donors (Lipinski definition) is 0. The van der Waals surface area contributed by atoms with Gasteiger partial charge in [-0.3, -0.25) is 0 Å². The molecular weight excluding hydrogens is 741 g/mol. The van der Waals surface area contributed by atoms with Gasteiger partial charge in [-0.25, -0.2) is 0 Å². The Labute approximate surface area is 341 Å². The highest BCUT2D eigenvalue weighted by Gasteiger charge is 2.19. The average Bonchev–Trinajstić information content (AvgIpc) is 4.04. The van der Waals surface area contributed by atoms with Crippen LogP contribution in [0.25, 0.3) is 118 Å². The second kappa shape index (κ2) is 12.3. The first kappa shape index (κ1) is 32.1. The standard InChI is InChI=1S/C54H32N2S2/c1-5-13-43-39(9-1)51-45(29-31-49-53(51)41-11-3-7-15-47(41)57-49)55(43)37-25-21-35(22-26-37)33-17-19-34(20-18-33)36-23-27-38(28-24-36)56-44-14-6-2-10-40(44)52-46(56)30-32-50-54(52)42-12-4-8-16-48(42)58-50/h1-32H. The maximum Gasteiger partial charge on any atom is 0.0548 e. The first-order valence-corrected chi connectivity index (χ1v) is 21.4. The van der Waals surface area contributed by atoms with Gasteiger partial charge in [-0.15, -0.1) is 22.7 Å². The fourth-order valence-electron chi connectivity index (χ4n) is 9.57. The van der Waals surface area contributed by atoms with Crippen molar-refractivity contribution in [3.05, 3.63) is 194 Å². The molecular formula is C54H32N2S2. The quantitative estimate of drug-likeness (QED) is 0.169. The maximum atomic E-state index is 2.43. The Morgan fingerprint density at radius 2 is 0.586 bits per heavy atom. The predicted octanol–water partition coefficient (Wildman–Crippen LogP) is 16.0. The summed E-state index contributed by atoms with van der Waals surface area (Å²) in [5, 5.41) is 10.7. The molecule has 58 heavy (non-hydrogen) atoms. The third-order valence-electron chi connectivity index (χ3n) is 12.2. The molecule has 0 aliphatic carbocycles. The second-order valence-electron chi connectivity index (χ2n) is 15.2. The molecule has 9 aromatic carbocycles. The van der Waals surface area contributed by atoms with Crippen LogP contribution in [0, 0.1) is 0 Å². The van der Waals surface area contributed by atoms with E-state index >= 15 is 0 Å². The molecule has 0 radical (unpaired) electrons. The molecule has 4 heterocycles. The highest BCUT2D eigenvalue weighted by atomic mass is 32.1. The third kappa shape index (κ3) is 4.58. The van der Waals surface area contributed by atoms with Gasteiger partial charge in [0.15, 0.2) is 0 Å². The normalized spacial score (nSPS) is 12.1. The van der Waals surface area contributed by atoms with E-state index < -0.39 is 0 Å². The summed E-state index contributed by atoms with van der Waals surface area (Å²) in [6.45, 7) is 0. The van der Waals surface area contributed by atoms with Crippen molar-refractivity contribution < 1.29 is 0 Å². The van der Waals surface area contributed by atoms with Crippen molar-refractivity contribution in [3.63, 3.8) is 0 Å². The van der Waals surface area contributed by atoms with Crippen LogP contribution in [-0.4, -0.2) is 9.13 Å². The van der Waals surface area contributed by atoms with Crippen LogP contribution in [-0.2, 0) is 0 Å². The van der Waals surface area contributed by atoms with E-state index in [1.165, 1.54) is 118 Å². The largest absolute Gasteiger partial charge is 0.309 e. The number of para-hydroxylation sites is 2. The Morgan fingerprint density at radius 3 is 1.00 bits per heavy atom. The molecule has 270 valence electrons. The lowest BCUT2D eigenvalue weighted by Crippen LogP contribution is -1.94. The Balaban J connectivity index is 0.841. The lowest BCUT2D eigenvalue weighted by molar-refractivity contribution is 1.18. The van der Waals surface area contributed by atoms with E-state index in [0.717, 1.165) is 0 Å². The molecule has 0 saturated heterocycles. The van der Waals surface area contributed by atoms with Crippen LogP contribution in [0.3, 0.4) is 0 Å². The van der Waals surface area contributed by atoms with Crippen LogP contribution in [0.1, 0.15) is 0 Å². The summed E-state index contributed by atoms with van der Waals surface area (Å²) in [7, 11) is 0. The van der Waals surface area contributed by atoms with E-state index in [9.17, 15) is 0 Å². The van der Waals surface area contributed by atoms with Gasteiger partial charge in [-0.05, 0) is 95.1 Å². The predicted molar refractivity (Wildman–Crippen MR) is 252 cm³/mol.